The monoisotopic (exact) mass is 296 g/mol. The van der Waals surface area contributed by atoms with Crippen LogP contribution in [0.3, 0.4) is 0 Å². The highest BCUT2D eigenvalue weighted by Gasteiger charge is 2.30. The Morgan fingerprint density at radius 1 is 0.591 bits per heavy atom. The Hall–Kier alpha value is -2.55. The lowest BCUT2D eigenvalue weighted by molar-refractivity contribution is -0.137. The number of hydrogen-bond donors (Lipinski definition) is 0. The molecule has 0 atom stereocenters. The highest BCUT2D eigenvalue weighted by Crippen LogP contribution is 2.36. The van der Waals surface area contributed by atoms with Gasteiger partial charge in [-0.2, -0.15) is 13.2 Å². The number of fused-ring (bicyclic) bond motifs is 5. The summed E-state index contributed by atoms with van der Waals surface area (Å²) in [5, 5.41) is 5.29. The normalized spacial score (nSPS) is 12.3. The fourth-order valence-corrected chi connectivity index (χ4v) is 3.00. The number of benzene rings is 4. The van der Waals surface area contributed by atoms with Gasteiger partial charge in [0.25, 0.3) is 0 Å². The molecule has 0 aromatic heterocycles. The summed E-state index contributed by atoms with van der Waals surface area (Å²) in [6.45, 7) is 0. The van der Waals surface area contributed by atoms with E-state index in [2.05, 4.69) is 0 Å². The molecule has 3 heteroatoms. The van der Waals surface area contributed by atoms with Crippen LogP contribution in [0.25, 0.3) is 32.3 Å². The molecule has 0 bridgehead atoms. The number of halogens is 3. The fraction of sp³-hybridized carbons (Fsp3) is 0.0526. The molecule has 0 amide bonds. The average Bonchev–Trinajstić information content (AvgIpc) is 2.52. The summed E-state index contributed by atoms with van der Waals surface area (Å²) in [6, 6.07) is 19.5. The Morgan fingerprint density at radius 2 is 1.18 bits per heavy atom. The predicted octanol–water partition coefficient (Wildman–Crippen LogP) is 6.17. The van der Waals surface area contributed by atoms with E-state index in [1.807, 2.05) is 48.5 Å². The molecule has 0 aliphatic heterocycles. The largest absolute Gasteiger partial charge is 0.416 e. The molecule has 0 radical (unpaired) electrons. The molecule has 4 aromatic carbocycles. The van der Waals surface area contributed by atoms with Crippen LogP contribution in [0.15, 0.2) is 66.7 Å². The summed E-state index contributed by atoms with van der Waals surface area (Å²) in [4.78, 5) is 0. The summed E-state index contributed by atoms with van der Waals surface area (Å²) in [7, 11) is 0. The van der Waals surface area contributed by atoms with Gasteiger partial charge >= 0.3 is 6.18 Å². The van der Waals surface area contributed by atoms with Crippen LogP contribution in [0.1, 0.15) is 5.56 Å². The third-order valence-electron chi connectivity index (χ3n) is 4.05. The SMILES string of the molecule is FC(F)(F)c1ccc2ccc3ccc4ccccc4c3c2c1. The second-order valence-electron chi connectivity index (χ2n) is 5.38. The topological polar surface area (TPSA) is 0 Å². The van der Waals surface area contributed by atoms with E-state index >= 15 is 0 Å². The molecule has 108 valence electrons. The second-order valence-corrected chi connectivity index (χ2v) is 5.38. The minimum atomic E-state index is -4.33. The van der Waals surface area contributed by atoms with Crippen molar-refractivity contribution < 1.29 is 13.2 Å². The van der Waals surface area contributed by atoms with E-state index in [1.54, 1.807) is 6.07 Å². The van der Waals surface area contributed by atoms with Crippen molar-refractivity contribution in [3.05, 3.63) is 72.3 Å². The molecule has 0 saturated heterocycles. The lowest BCUT2D eigenvalue weighted by Gasteiger charge is -2.11. The molecule has 4 rings (SSSR count). The second kappa shape index (κ2) is 4.47. The third kappa shape index (κ3) is 1.93. The highest BCUT2D eigenvalue weighted by molar-refractivity contribution is 6.20. The molecule has 0 saturated carbocycles. The maximum absolute atomic E-state index is 13.0. The van der Waals surface area contributed by atoms with E-state index in [1.165, 1.54) is 6.07 Å². The molecule has 0 aliphatic rings. The predicted molar refractivity (Wildman–Crippen MR) is 84.0 cm³/mol. The van der Waals surface area contributed by atoms with E-state index in [4.69, 9.17) is 0 Å². The average molecular weight is 296 g/mol. The number of rotatable bonds is 0. The van der Waals surface area contributed by atoms with Crippen LogP contribution in [0.4, 0.5) is 13.2 Å². The molecule has 4 aromatic rings. The van der Waals surface area contributed by atoms with Crippen LogP contribution < -0.4 is 0 Å². The molecule has 0 nitrogen and oxygen atoms in total. The van der Waals surface area contributed by atoms with Gasteiger partial charge < -0.3 is 0 Å². The zero-order valence-electron chi connectivity index (χ0n) is 11.5. The molecule has 22 heavy (non-hydrogen) atoms. The molecule has 0 unspecified atom stereocenters. The smallest absolute Gasteiger partial charge is 0.166 e. The first-order chi connectivity index (χ1) is 10.5. The summed E-state index contributed by atoms with van der Waals surface area (Å²) in [6.07, 6.45) is -4.33. The Morgan fingerprint density at radius 3 is 1.91 bits per heavy atom. The van der Waals surface area contributed by atoms with Crippen molar-refractivity contribution in [2.45, 2.75) is 6.18 Å². The Labute approximate surface area is 124 Å². The maximum atomic E-state index is 13.0. The van der Waals surface area contributed by atoms with Gasteiger partial charge in [-0.3, -0.25) is 0 Å². The number of hydrogen-bond acceptors (Lipinski definition) is 0. The minimum absolute atomic E-state index is 0.611. The summed E-state index contributed by atoms with van der Waals surface area (Å²) in [5.41, 5.74) is -0.611. The van der Waals surface area contributed by atoms with Crippen LogP contribution in [0.5, 0.6) is 0 Å². The van der Waals surface area contributed by atoms with Gasteiger partial charge in [0.2, 0.25) is 0 Å². The molecular formula is C19H11F3. The Balaban J connectivity index is 2.23. The van der Waals surface area contributed by atoms with E-state index in [9.17, 15) is 13.2 Å². The Kier molecular flexibility index (Phi) is 2.67. The van der Waals surface area contributed by atoms with Crippen LogP contribution in [0, 0.1) is 0 Å². The van der Waals surface area contributed by atoms with Crippen LogP contribution in [0.2, 0.25) is 0 Å². The molecule has 0 fully saturated rings. The zero-order chi connectivity index (χ0) is 15.3. The zero-order valence-corrected chi connectivity index (χ0v) is 11.5. The van der Waals surface area contributed by atoms with Gasteiger partial charge in [0.1, 0.15) is 0 Å². The molecule has 0 aliphatic carbocycles. The lowest BCUT2D eigenvalue weighted by Crippen LogP contribution is -2.04. The van der Waals surface area contributed by atoms with Crippen molar-refractivity contribution in [1.82, 2.24) is 0 Å². The van der Waals surface area contributed by atoms with Gasteiger partial charge in [0, 0.05) is 0 Å². The first-order valence-electron chi connectivity index (χ1n) is 6.95. The summed E-state index contributed by atoms with van der Waals surface area (Å²) in [5.74, 6) is 0. The van der Waals surface area contributed by atoms with Gasteiger partial charge in [-0.25, -0.2) is 0 Å². The molecule has 0 heterocycles. The van der Waals surface area contributed by atoms with Crippen LogP contribution in [-0.2, 0) is 6.18 Å². The molecule has 0 spiro atoms. The van der Waals surface area contributed by atoms with Crippen LogP contribution >= 0.6 is 0 Å². The lowest BCUT2D eigenvalue weighted by atomic mass is 9.95. The maximum Gasteiger partial charge on any atom is 0.416 e. The fourth-order valence-electron chi connectivity index (χ4n) is 3.00. The van der Waals surface area contributed by atoms with Gasteiger partial charge in [0.15, 0.2) is 0 Å². The van der Waals surface area contributed by atoms with Gasteiger partial charge in [-0.15, -0.1) is 0 Å². The minimum Gasteiger partial charge on any atom is -0.166 e. The van der Waals surface area contributed by atoms with Crippen molar-refractivity contribution >= 4 is 32.3 Å². The quantitative estimate of drug-likeness (QED) is 0.341. The van der Waals surface area contributed by atoms with Gasteiger partial charge in [-0.05, 0) is 44.5 Å². The third-order valence-corrected chi connectivity index (χ3v) is 4.05. The Bertz CT molecular complexity index is 1010. The standard InChI is InChI=1S/C19H11F3/c20-19(21,22)15-10-9-13-6-8-14-7-5-12-3-1-2-4-16(12)18(14)17(13)11-15/h1-11H. The van der Waals surface area contributed by atoms with Gasteiger partial charge in [-0.1, -0.05) is 54.6 Å². The van der Waals surface area contributed by atoms with Crippen molar-refractivity contribution in [1.29, 1.82) is 0 Å². The number of alkyl halides is 3. The first-order valence-corrected chi connectivity index (χ1v) is 6.95. The summed E-state index contributed by atoms with van der Waals surface area (Å²) >= 11 is 0. The molecular weight excluding hydrogens is 285 g/mol. The highest BCUT2D eigenvalue weighted by atomic mass is 19.4. The first kappa shape index (κ1) is 13.1. The van der Waals surface area contributed by atoms with Crippen molar-refractivity contribution in [3.8, 4) is 0 Å². The van der Waals surface area contributed by atoms with E-state index in [0.29, 0.717) is 5.39 Å². The molecule has 0 N–H and O–H groups in total. The van der Waals surface area contributed by atoms with E-state index in [-0.39, 0.29) is 0 Å². The van der Waals surface area contributed by atoms with Crippen molar-refractivity contribution in [3.63, 3.8) is 0 Å². The van der Waals surface area contributed by atoms with E-state index in [0.717, 1.165) is 33.0 Å². The van der Waals surface area contributed by atoms with Crippen LogP contribution in [-0.4, -0.2) is 0 Å². The van der Waals surface area contributed by atoms with Crippen molar-refractivity contribution in [2.24, 2.45) is 0 Å². The van der Waals surface area contributed by atoms with Crippen molar-refractivity contribution in [2.75, 3.05) is 0 Å². The van der Waals surface area contributed by atoms with E-state index < -0.39 is 11.7 Å². The summed E-state index contributed by atoms with van der Waals surface area (Å²) < 4.78 is 39.1. The van der Waals surface area contributed by atoms with Gasteiger partial charge in [0.05, 0.1) is 5.56 Å².